The molecule has 1 heterocycles. The van der Waals surface area contributed by atoms with Gasteiger partial charge in [0.2, 0.25) is 5.88 Å². The zero-order valence-corrected chi connectivity index (χ0v) is 10.6. The molecule has 0 aromatic heterocycles. The smallest absolute Gasteiger partial charge is 0.393 e. The second-order valence-electron chi connectivity index (χ2n) is 3.93. The Hall–Kier alpha value is -1.81. The molecule has 114 valence electrons. The highest BCUT2D eigenvalue weighted by Crippen LogP contribution is 2.14. The van der Waals surface area contributed by atoms with E-state index in [2.05, 4.69) is 9.83 Å². The molecule has 0 bridgehead atoms. The molecule has 1 fully saturated rings. The summed E-state index contributed by atoms with van der Waals surface area (Å²) < 4.78 is 41.3. The van der Waals surface area contributed by atoms with Crippen molar-refractivity contribution in [1.82, 2.24) is 4.90 Å². The molecule has 0 radical (unpaired) electrons. The van der Waals surface area contributed by atoms with E-state index in [0.29, 0.717) is 26.3 Å². The summed E-state index contributed by atoms with van der Waals surface area (Å²) in [5.41, 5.74) is 5.34. The lowest BCUT2D eigenvalue weighted by Crippen LogP contribution is -2.42. The number of morpholine rings is 1. The predicted molar refractivity (Wildman–Crippen MR) is 66.0 cm³/mol. The lowest BCUT2D eigenvalue weighted by molar-refractivity contribution is -0.118. The first-order valence-electron chi connectivity index (χ1n) is 5.70. The highest BCUT2D eigenvalue weighted by molar-refractivity contribution is 6.13. The molecule has 0 aromatic carbocycles. The molecular weight excluding hydrogens is 279 g/mol. The van der Waals surface area contributed by atoms with Crippen LogP contribution in [0.4, 0.5) is 13.2 Å². The maximum atomic E-state index is 12.0. The van der Waals surface area contributed by atoms with E-state index >= 15 is 0 Å². The highest BCUT2D eigenvalue weighted by Gasteiger charge is 2.26. The third kappa shape index (κ3) is 5.05. The summed E-state index contributed by atoms with van der Waals surface area (Å²) in [5.74, 6) is 4.41. The first kappa shape index (κ1) is 16.2. The number of nitrogens with two attached hydrogens (primary N) is 2. The number of aliphatic imine (C=N–C) groups is 1. The fraction of sp³-hybridized carbons (Fsp3) is 0.600. The molecule has 0 saturated carbocycles. The Morgan fingerprint density at radius 3 is 2.50 bits per heavy atom. The van der Waals surface area contributed by atoms with Crippen molar-refractivity contribution in [3.05, 3.63) is 11.5 Å². The summed E-state index contributed by atoms with van der Waals surface area (Å²) in [5, 5.41) is 7.93. The van der Waals surface area contributed by atoms with Crippen molar-refractivity contribution in [1.29, 1.82) is 5.41 Å². The van der Waals surface area contributed by atoms with Crippen LogP contribution >= 0.6 is 0 Å². The monoisotopic (exact) mass is 295 g/mol. The van der Waals surface area contributed by atoms with E-state index in [0.717, 1.165) is 6.21 Å². The van der Waals surface area contributed by atoms with Gasteiger partial charge in [-0.1, -0.05) is 0 Å². The molecule has 0 spiro atoms. The van der Waals surface area contributed by atoms with Crippen LogP contribution in [0.2, 0.25) is 0 Å². The van der Waals surface area contributed by atoms with Gasteiger partial charge in [-0.15, -0.1) is 0 Å². The minimum Gasteiger partial charge on any atom is -0.393 e. The minimum atomic E-state index is -4.43. The summed E-state index contributed by atoms with van der Waals surface area (Å²) in [6.07, 6.45) is -3.59. The molecule has 0 aliphatic carbocycles. The van der Waals surface area contributed by atoms with Gasteiger partial charge in [0.05, 0.1) is 18.8 Å². The van der Waals surface area contributed by atoms with Crippen molar-refractivity contribution in [3.63, 3.8) is 0 Å². The number of nitrogens with one attached hydrogen (secondary N) is 1. The van der Waals surface area contributed by atoms with Crippen LogP contribution in [0.3, 0.4) is 0 Å². The zero-order chi connectivity index (χ0) is 15.2. The molecule has 0 unspecified atom stereocenters. The first-order valence-corrected chi connectivity index (χ1v) is 5.70. The number of amidine groups is 1. The molecule has 0 amide bonds. The molecule has 1 rings (SSSR count). The number of halogens is 3. The van der Waals surface area contributed by atoms with Crippen LogP contribution in [0.15, 0.2) is 16.4 Å². The average Bonchev–Trinajstić information content (AvgIpc) is 2.42. The fourth-order valence-corrected chi connectivity index (χ4v) is 1.50. The van der Waals surface area contributed by atoms with Crippen LogP contribution in [0.5, 0.6) is 0 Å². The summed E-state index contributed by atoms with van der Waals surface area (Å²) in [6, 6.07) is 0. The number of alkyl halides is 3. The molecule has 1 saturated heterocycles. The molecular formula is C10H16F3N5O2. The van der Waals surface area contributed by atoms with Gasteiger partial charge in [0.25, 0.3) is 0 Å². The molecule has 0 aromatic rings. The number of hydrogen-bond acceptors (Lipinski definition) is 6. The van der Waals surface area contributed by atoms with Gasteiger partial charge in [-0.3, -0.25) is 10.4 Å². The Labute approximate surface area is 113 Å². The Morgan fingerprint density at radius 1 is 1.40 bits per heavy atom. The Bertz CT molecular complexity index is 402. The van der Waals surface area contributed by atoms with E-state index < -0.39 is 12.7 Å². The molecule has 20 heavy (non-hydrogen) atoms. The van der Waals surface area contributed by atoms with Crippen molar-refractivity contribution in [2.24, 2.45) is 16.6 Å². The fourth-order valence-electron chi connectivity index (χ4n) is 1.50. The molecule has 1 aliphatic rings. The molecule has 0 atom stereocenters. The number of rotatable bonds is 4. The van der Waals surface area contributed by atoms with Gasteiger partial charge in [0.1, 0.15) is 12.4 Å². The zero-order valence-electron chi connectivity index (χ0n) is 10.6. The summed E-state index contributed by atoms with van der Waals surface area (Å²) in [7, 11) is 0. The van der Waals surface area contributed by atoms with Gasteiger partial charge in [-0.2, -0.15) is 19.1 Å². The van der Waals surface area contributed by atoms with Gasteiger partial charge in [0, 0.05) is 19.3 Å². The SMILES string of the molecule is N=C(C(C=NCC(F)(F)F)=C(N)ON)N1CCOCC1. The minimum absolute atomic E-state index is 0.0985. The van der Waals surface area contributed by atoms with Crippen LogP contribution < -0.4 is 11.6 Å². The first-order chi connectivity index (χ1) is 9.35. The average molecular weight is 295 g/mol. The van der Waals surface area contributed by atoms with E-state index in [-0.39, 0.29) is 17.3 Å². The van der Waals surface area contributed by atoms with Gasteiger partial charge in [0.15, 0.2) is 0 Å². The molecule has 1 aliphatic heterocycles. The summed E-state index contributed by atoms with van der Waals surface area (Å²) >= 11 is 0. The Balaban J connectivity index is 2.82. The van der Waals surface area contributed by atoms with Crippen LogP contribution in [-0.4, -0.2) is 56.0 Å². The molecule has 5 N–H and O–H groups in total. The second-order valence-corrected chi connectivity index (χ2v) is 3.93. The van der Waals surface area contributed by atoms with E-state index in [1.54, 1.807) is 4.90 Å². The van der Waals surface area contributed by atoms with Crippen molar-refractivity contribution in [2.45, 2.75) is 6.18 Å². The maximum Gasteiger partial charge on any atom is 0.407 e. The van der Waals surface area contributed by atoms with Crippen molar-refractivity contribution in [3.8, 4) is 0 Å². The lowest BCUT2D eigenvalue weighted by atomic mass is 10.2. The summed E-state index contributed by atoms with van der Waals surface area (Å²) in [4.78, 5) is 9.09. The largest absolute Gasteiger partial charge is 0.407 e. The van der Waals surface area contributed by atoms with Crippen LogP contribution in [0.1, 0.15) is 0 Å². The standard InChI is InChI=1S/C10H16F3N5O2/c11-10(12,13)6-17-5-7(9(15)20-16)8(14)18-1-3-19-4-2-18/h5,14H,1-4,6,15-16H2. The topological polar surface area (TPSA) is 110 Å². The second kappa shape index (κ2) is 7.10. The summed E-state index contributed by atoms with van der Waals surface area (Å²) in [6.45, 7) is 0.308. The normalized spacial score (nSPS) is 18.1. The number of hydrogen-bond donors (Lipinski definition) is 3. The van der Waals surface area contributed by atoms with Gasteiger partial charge in [-0.05, 0) is 0 Å². The highest BCUT2D eigenvalue weighted by atomic mass is 19.4. The van der Waals surface area contributed by atoms with Crippen LogP contribution in [0.25, 0.3) is 0 Å². The maximum absolute atomic E-state index is 12.0. The predicted octanol–water partition coefficient (Wildman–Crippen LogP) is -0.0104. The van der Waals surface area contributed by atoms with Gasteiger partial charge in [-0.25, -0.2) is 0 Å². The van der Waals surface area contributed by atoms with Gasteiger partial charge < -0.3 is 20.2 Å². The van der Waals surface area contributed by atoms with Crippen molar-refractivity contribution in [2.75, 3.05) is 32.8 Å². The third-order valence-electron chi connectivity index (χ3n) is 2.47. The van der Waals surface area contributed by atoms with Crippen LogP contribution in [0, 0.1) is 5.41 Å². The van der Waals surface area contributed by atoms with E-state index in [4.69, 9.17) is 21.8 Å². The van der Waals surface area contributed by atoms with Crippen LogP contribution in [-0.2, 0) is 9.57 Å². The number of ether oxygens (including phenoxy) is 1. The van der Waals surface area contributed by atoms with Crippen molar-refractivity contribution < 1.29 is 22.7 Å². The molecule has 10 heteroatoms. The van der Waals surface area contributed by atoms with E-state index in [1.165, 1.54) is 0 Å². The Kier molecular flexibility index (Phi) is 5.77. The van der Waals surface area contributed by atoms with Crippen molar-refractivity contribution >= 4 is 12.1 Å². The quantitative estimate of drug-likeness (QED) is 0.292. The van der Waals surface area contributed by atoms with Gasteiger partial charge >= 0.3 is 6.18 Å². The van der Waals surface area contributed by atoms with E-state index in [1.807, 2.05) is 0 Å². The third-order valence-corrected chi connectivity index (χ3v) is 2.47. The Morgan fingerprint density at radius 2 is 2.00 bits per heavy atom. The van der Waals surface area contributed by atoms with E-state index in [9.17, 15) is 13.2 Å². The molecule has 7 nitrogen and oxygen atoms in total. The lowest BCUT2D eigenvalue weighted by Gasteiger charge is -2.29. The number of nitrogens with zero attached hydrogens (tertiary/aromatic N) is 2.